The van der Waals surface area contributed by atoms with Gasteiger partial charge in [-0.05, 0) is 56.6 Å². The highest BCUT2D eigenvalue weighted by Gasteiger charge is 2.57. The number of terminal acetylenes is 1. The average molecular weight is 483 g/mol. The number of hydrogen-bond acceptors (Lipinski definition) is 4. The zero-order valence-electron chi connectivity index (χ0n) is 21.4. The van der Waals surface area contributed by atoms with Gasteiger partial charge in [0.1, 0.15) is 17.1 Å². The molecule has 2 aromatic carbocycles. The maximum absolute atomic E-state index is 14.0. The van der Waals surface area contributed by atoms with Crippen molar-refractivity contribution in [2.45, 2.75) is 38.3 Å². The summed E-state index contributed by atoms with van der Waals surface area (Å²) in [6.07, 6.45) is 6.88. The monoisotopic (exact) mass is 482 g/mol. The number of aromatic nitrogens is 1. The van der Waals surface area contributed by atoms with Crippen LogP contribution in [0.2, 0.25) is 0 Å². The first-order valence-electron chi connectivity index (χ1n) is 12.6. The van der Waals surface area contributed by atoms with Crippen molar-refractivity contribution in [3.8, 4) is 18.1 Å². The van der Waals surface area contributed by atoms with E-state index in [1.54, 1.807) is 0 Å². The van der Waals surface area contributed by atoms with Crippen molar-refractivity contribution in [2.24, 2.45) is 0 Å². The fourth-order valence-corrected chi connectivity index (χ4v) is 5.84. The molecule has 2 aliphatic heterocycles. The maximum Gasteiger partial charge on any atom is 0.254 e. The fourth-order valence-electron chi connectivity index (χ4n) is 5.84. The number of fused-ring (bicyclic) bond motifs is 4. The molecule has 5 rings (SSSR count). The minimum atomic E-state index is -0.730. The van der Waals surface area contributed by atoms with Crippen molar-refractivity contribution in [3.05, 3.63) is 77.8 Å². The normalized spacial score (nSPS) is 21.1. The van der Waals surface area contributed by atoms with Crippen LogP contribution in [0.3, 0.4) is 0 Å². The first-order chi connectivity index (χ1) is 17.4. The molecular formula is C30H34N4O2. The number of amides is 1. The highest BCUT2D eigenvalue weighted by Crippen LogP contribution is 2.51. The molecule has 3 heterocycles. The highest BCUT2D eigenvalue weighted by molar-refractivity contribution is 5.94. The number of carbonyl (C=O) groups excluding carboxylic acids is 1. The number of rotatable bonds is 8. The van der Waals surface area contributed by atoms with Crippen LogP contribution in [0, 0.1) is 12.3 Å². The van der Waals surface area contributed by atoms with Gasteiger partial charge in [-0.1, -0.05) is 42.8 Å². The molecule has 1 aromatic heterocycles. The Labute approximate surface area is 213 Å². The molecule has 0 spiro atoms. The Balaban J connectivity index is 1.57. The van der Waals surface area contributed by atoms with Crippen LogP contribution < -0.4 is 4.74 Å². The Bertz CT molecular complexity index is 1340. The van der Waals surface area contributed by atoms with Gasteiger partial charge < -0.3 is 14.6 Å². The highest BCUT2D eigenvalue weighted by atomic mass is 16.5. The van der Waals surface area contributed by atoms with Gasteiger partial charge in [0.05, 0.1) is 19.2 Å². The summed E-state index contributed by atoms with van der Waals surface area (Å²) in [5.74, 6) is 4.38. The standard InChI is InChI=1S/C30H34N4O2/c1-6-16-32(5)17-11-18-33-21(3)34-28(22-12-9-8-10-13-22)27-25(20-30(34,4)29(33)35)24-19-23(36-7-2)14-15-26(24)31-27/h1,8-10,12-15,19,28,31H,3,7,11,16-18,20H2,2,4-5H3/t28-,30+/m1/s1. The molecule has 1 fully saturated rings. The summed E-state index contributed by atoms with van der Waals surface area (Å²) in [6.45, 7) is 11.1. The molecule has 6 nitrogen and oxygen atoms in total. The van der Waals surface area contributed by atoms with E-state index in [2.05, 4.69) is 70.6 Å². The summed E-state index contributed by atoms with van der Waals surface area (Å²) in [5.41, 5.74) is 3.75. The molecule has 1 amide bonds. The number of H-pyrrole nitrogens is 1. The molecule has 36 heavy (non-hydrogen) atoms. The minimum Gasteiger partial charge on any atom is -0.494 e. The molecule has 2 atom stereocenters. The SMILES string of the molecule is C#CCN(C)CCCN1C(=C)N2[C@H](c3ccccc3)c3[nH]c4ccc(OCC)cc4c3C[C@@]2(C)C1=O. The van der Waals surface area contributed by atoms with Crippen molar-refractivity contribution < 1.29 is 9.53 Å². The Hall–Kier alpha value is -3.69. The van der Waals surface area contributed by atoms with Crippen molar-refractivity contribution >= 4 is 16.8 Å². The van der Waals surface area contributed by atoms with Gasteiger partial charge in [-0.3, -0.25) is 14.6 Å². The maximum atomic E-state index is 14.0. The predicted octanol–water partition coefficient (Wildman–Crippen LogP) is 4.54. The Morgan fingerprint density at radius 2 is 2.06 bits per heavy atom. The molecule has 3 aromatic rings. The lowest BCUT2D eigenvalue weighted by molar-refractivity contribution is -0.133. The van der Waals surface area contributed by atoms with Crippen molar-refractivity contribution in [2.75, 3.05) is 33.3 Å². The van der Waals surface area contributed by atoms with Crippen molar-refractivity contribution in [1.82, 2.24) is 19.7 Å². The number of aromatic amines is 1. The van der Waals surface area contributed by atoms with Gasteiger partial charge in [0.25, 0.3) is 5.91 Å². The van der Waals surface area contributed by atoms with E-state index in [0.717, 1.165) is 46.7 Å². The second kappa shape index (κ2) is 9.40. The third kappa shape index (κ3) is 3.84. The van der Waals surface area contributed by atoms with E-state index in [9.17, 15) is 4.79 Å². The fraction of sp³-hybridized carbons (Fsp3) is 0.367. The van der Waals surface area contributed by atoms with Crippen LogP contribution in [0.25, 0.3) is 10.9 Å². The number of nitrogens with zero attached hydrogens (tertiary/aromatic N) is 3. The molecule has 1 N–H and O–H groups in total. The average Bonchev–Trinajstić information content (AvgIpc) is 3.31. The summed E-state index contributed by atoms with van der Waals surface area (Å²) in [7, 11) is 2.00. The first-order valence-corrected chi connectivity index (χ1v) is 12.6. The van der Waals surface area contributed by atoms with Crippen molar-refractivity contribution in [3.63, 3.8) is 0 Å². The zero-order chi connectivity index (χ0) is 25.4. The van der Waals surface area contributed by atoms with E-state index in [0.29, 0.717) is 26.1 Å². The molecule has 2 aliphatic rings. The minimum absolute atomic E-state index is 0.106. The summed E-state index contributed by atoms with van der Waals surface area (Å²) in [4.78, 5) is 23.9. The van der Waals surface area contributed by atoms with Gasteiger partial charge in [0, 0.05) is 36.1 Å². The van der Waals surface area contributed by atoms with Crippen LogP contribution in [0.5, 0.6) is 5.75 Å². The lowest BCUT2D eigenvalue weighted by atomic mass is 9.81. The van der Waals surface area contributed by atoms with Crippen molar-refractivity contribution in [1.29, 1.82) is 0 Å². The van der Waals surface area contributed by atoms with Gasteiger partial charge >= 0.3 is 0 Å². The van der Waals surface area contributed by atoms with Crippen LogP contribution in [0.1, 0.15) is 43.1 Å². The largest absolute Gasteiger partial charge is 0.494 e. The Morgan fingerprint density at radius 1 is 1.28 bits per heavy atom. The summed E-state index contributed by atoms with van der Waals surface area (Å²) >= 11 is 0. The third-order valence-corrected chi connectivity index (χ3v) is 7.50. The predicted molar refractivity (Wildman–Crippen MR) is 144 cm³/mol. The molecule has 1 saturated heterocycles. The van der Waals surface area contributed by atoms with Crippen LogP contribution >= 0.6 is 0 Å². The molecule has 6 heteroatoms. The second-order valence-electron chi connectivity index (χ2n) is 9.96. The lowest BCUT2D eigenvalue weighted by Crippen LogP contribution is -2.52. The summed E-state index contributed by atoms with van der Waals surface area (Å²) < 4.78 is 5.80. The number of ether oxygens (including phenoxy) is 1. The molecule has 186 valence electrons. The van der Waals surface area contributed by atoms with Crippen LogP contribution in [0.15, 0.2) is 60.9 Å². The smallest absolute Gasteiger partial charge is 0.254 e. The van der Waals surface area contributed by atoms with Gasteiger partial charge in [-0.2, -0.15) is 0 Å². The molecule has 0 bridgehead atoms. The molecule has 0 unspecified atom stereocenters. The Morgan fingerprint density at radius 3 is 2.78 bits per heavy atom. The van der Waals surface area contributed by atoms with E-state index < -0.39 is 5.54 Å². The van der Waals surface area contributed by atoms with E-state index in [4.69, 9.17) is 11.2 Å². The van der Waals surface area contributed by atoms with E-state index in [1.165, 1.54) is 5.56 Å². The Kier molecular flexibility index (Phi) is 6.27. The third-order valence-electron chi connectivity index (χ3n) is 7.50. The quantitative estimate of drug-likeness (QED) is 0.479. The van der Waals surface area contributed by atoms with E-state index in [1.807, 2.05) is 31.0 Å². The van der Waals surface area contributed by atoms with Crippen LogP contribution in [-0.4, -0.2) is 64.4 Å². The number of hydrogen-bond donors (Lipinski definition) is 1. The molecule has 0 radical (unpaired) electrons. The van der Waals surface area contributed by atoms with Gasteiger partial charge in [0.15, 0.2) is 0 Å². The van der Waals surface area contributed by atoms with E-state index >= 15 is 0 Å². The number of carbonyl (C=O) groups is 1. The van der Waals surface area contributed by atoms with Crippen LogP contribution in [0.4, 0.5) is 0 Å². The summed E-state index contributed by atoms with van der Waals surface area (Å²) in [5, 5.41) is 1.12. The van der Waals surface area contributed by atoms with Gasteiger partial charge in [-0.15, -0.1) is 6.42 Å². The lowest BCUT2D eigenvalue weighted by Gasteiger charge is -2.44. The number of benzene rings is 2. The molecular weight excluding hydrogens is 448 g/mol. The topological polar surface area (TPSA) is 51.8 Å². The molecule has 0 saturated carbocycles. The summed E-state index contributed by atoms with van der Waals surface area (Å²) in [6, 6.07) is 16.4. The first kappa shape index (κ1) is 24.0. The zero-order valence-corrected chi connectivity index (χ0v) is 21.4. The second-order valence-corrected chi connectivity index (χ2v) is 9.96. The van der Waals surface area contributed by atoms with Gasteiger partial charge in [-0.25, -0.2) is 0 Å². The molecule has 0 aliphatic carbocycles. The van der Waals surface area contributed by atoms with Crippen LogP contribution in [-0.2, 0) is 11.2 Å². The van der Waals surface area contributed by atoms with E-state index in [-0.39, 0.29) is 11.9 Å². The number of nitrogens with one attached hydrogen (secondary N) is 1. The van der Waals surface area contributed by atoms with Gasteiger partial charge in [0.2, 0.25) is 0 Å².